The van der Waals surface area contributed by atoms with E-state index in [4.69, 9.17) is 0 Å². The van der Waals surface area contributed by atoms with Gasteiger partial charge < -0.3 is 4.90 Å². The lowest BCUT2D eigenvalue weighted by Crippen LogP contribution is -2.41. The van der Waals surface area contributed by atoms with Gasteiger partial charge in [-0.1, -0.05) is 54.6 Å². The molecule has 0 unspecified atom stereocenters. The highest BCUT2D eigenvalue weighted by Gasteiger charge is 2.24. The summed E-state index contributed by atoms with van der Waals surface area (Å²) in [5.74, 6) is 1.06. The fourth-order valence-electron chi connectivity index (χ4n) is 4.49. The molecule has 0 N–H and O–H groups in total. The summed E-state index contributed by atoms with van der Waals surface area (Å²) in [6, 6.07) is 19.4. The summed E-state index contributed by atoms with van der Waals surface area (Å²) >= 11 is 0. The third kappa shape index (κ3) is 4.78. The van der Waals surface area contributed by atoms with Gasteiger partial charge >= 0.3 is 0 Å². The van der Waals surface area contributed by atoms with E-state index in [-0.39, 0.29) is 0 Å². The summed E-state index contributed by atoms with van der Waals surface area (Å²) in [5, 5.41) is 0. The summed E-state index contributed by atoms with van der Waals surface area (Å²) in [7, 11) is 0. The number of carbonyl (C=O) groups excluding carboxylic acids is 1. The predicted octanol–water partition coefficient (Wildman–Crippen LogP) is 3.92. The van der Waals surface area contributed by atoms with Crippen LogP contribution in [0.1, 0.15) is 36.0 Å². The van der Waals surface area contributed by atoms with E-state index in [0.29, 0.717) is 12.3 Å². The third-order valence-electron chi connectivity index (χ3n) is 6.19. The fourth-order valence-corrected chi connectivity index (χ4v) is 4.49. The average Bonchev–Trinajstić information content (AvgIpc) is 2.73. The number of fused-ring (bicyclic) bond motifs is 1. The molecule has 1 saturated heterocycles. The quantitative estimate of drug-likeness (QED) is 0.805. The van der Waals surface area contributed by atoms with Crippen molar-refractivity contribution < 1.29 is 4.79 Å². The molecule has 2 aliphatic rings. The zero-order chi connectivity index (χ0) is 18.5. The zero-order valence-electron chi connectivity index (χ0n) is 16.1. The molecule has 2 aromatic carbocycles. The van der Waals surface area contributed by atoms with E-state index < -0.39 is 0 Å². The second-order valence-electron chi connectivity index (χ2n) is 8.06. The van der Waals surface area contributed by atoms with Gasteiger partial charge in [-0.15, -0.1) is 0 Å². The smallest absolute Gasteiger partial charge is 0.223 e. The molecule has 0 saturated carbocycles. The van der Waals surface area contributed by atoms with Gasteiger partial charge in [0.15, 0.2) is 0 Å². The van der Waals surface area contributed by atoms with Crippen molar-refractivity contribution in [3.05, 3.63) is 71.3 Å². The van der Waals surface area contributed by atoms with Crippen LogP contribution in [0.2, 0.25) is 0 Å². The molecule has 2 aromatic rings. The van der Waals surface area contributed by atoms with Crippen LogP contribution in [0, 0.1) is 5.92 Å². The van der Waals surface area contributed by atoms with E-state index >= 15 is 0 Å². The van der Waals surface area contributed by atoms with Gasteiger partial charge in [0.2, 0.25) is 5.91 Å². The van der Waals surface area contributed by atoms with Gasteiger partial charge in [-0.05, 0) is 48.3 Å². The topological polar surface area (TPSA) is 23.6 Å². The Morgan fingerprint density at radius 1 is 0.889 bits per heavy atom. The minimum Gasteiger partial charge on any atom is -0.343 e. The molecular formula is C24H30N2O. The van der Waals surface area contributed by atoms with Gasteiger partial charge in [0.25, 0.3) is 0 Å². The van der Waals surface area contributed by atoms with Crippen LogP contribution in [-0.4, -0.2) is 41.9 Å². The summed E-state index contributed by atoms with van der Waals surface area (Å²) in [6.45, 7) is 4.81. The molecule has 0 radical (unpaired) electrons. The van der Waals surface area contributed by atoms with E-state index in [1.54, 1.807) is 0 Å². The first kappa shape index (κ1) is 18.2. The number of amides is 1. The number of carbonyl (C=O) groups is 1. The van der Waals surface area contributed by atoms with Crippen molar-refractivity contribution in [3.8, 4) is 0 Å². The molecule has 27 heavy (non-hydrogen) atoms. The monoisotopic (exact) mass is 362 g/mol. The first-order valence-electron chi connectivity index (χ1n) is 10.4. The molecule has 142 valence electrons. The van der Waals surface area contributed by atoms with E-state index in [1.807, 2.05) is 0 Å². The van der Waals surface area contributed by atoms with Crippen molar-refractivity contribution >= 4 is 5.91 Å². The summed E-state index contributed by atoms with van der Waals surface area (Å²) in [6.07, 6.45) is 5.19. The second kappa shape index (κ2) is 8.71. The van der Waals surface area contributed by atoms with Crippen molar-refractivity contribution in [2.75, 3.05) is 26.2 Å². The molecule has 0 spiro atoms. The standard InChI is InChI=1S/C24H30N2O/c27-24(13-15-25-14-12-22-8-4-5-9-23(22)19-25)26-16-10-21(11-17-26)18-20-6-2-1-3-7-20/h1-9,21H,10-19H2. The minimum absolute atomic E-state index is 0.340. The Labute approximate surface area is 163 Å². The predicted molar refractivity (Wildman–Crippen MR) is 109 cm³/mol. The number of hydrogen-bond acceptors (Lipinski definition) is 2. The highest BCUT2D eigenvalue weighted by molar-refractivity contribution is 5.76. The molecule has 2 heterocycles. The van der Waals surface area contributed by atoms with E-state index in [9.17, 15) is 4.79 Å². The SMILES string of the molecule is O=C(CCN1CCc2ccccc2C1)N1CCC(Cc2ccccc2)CC1. The molecule has 0 aromatic heterocycles. The number of hydrogen-bond donors (Lipinski definition) is 0. The molecule has 0 aliphatic carbocycles. The third-order valence-corrected chi connectivity index (χ3v) is 6.19. The second-order valence-corrected chi connectivity index (χ2v) is 8.06. The zero-order valence-corrected chi connectivity index (χ0v) is 16.1. The highest BCUT2D eigenvalue weighted by atomic mass is 16.2. The number of benzene rings is 2. The molecular weight excluding hydrogens is 332 g/mol. The highest BCUT2D eigenvalue weighted by Crippen LogP contribution is 2.23. The first-order chi connectivity index (χ1) is 13.3. The van der Waals surface area contributed by atoms with Crippen LogP contribution in [-0.2, 0) is 24.2 Å². The number of nitrogens with zero attached hydrogens (tertiary/aromatic N) is 2. The maximum Gasteiger partial charge on any atom is 0.223 e. The summed E-state index contributed by atoms with van der Waals surface area (Å²) < 4.78 is 0. The average molecular weight is 363 g/mol. The maximum absolute atomic E-state index is 12.7. The molecule has 2 aliphatic heterocycles. The van der Waals surface area contributed by atoms with Crippen molar-refractivity contribution in [1.82, 2.24) is 9.80 Å². The van der Waals surface area contributed by atoms with E-state index in [1.165, 1.54) is 16.7 Å². The van der Waals surface area contributed by atoms with Crippen LogP contribution in [0.5, 0.6) is 0 Å². The van der Waals surface area contributed by atoms with Crippen LogP contribution in [0.3, 0.4) is 0 Å². The van der Waals surface area contributed by atoms with Crippen molar-refractivity contribution in [3.63, 3.8) is 0 Å². The molecule has 3 heteroatoms. The lowest BCUT2D eigenvalue weighted by molar-refractivity contribution is -0.133. The van der Waals surface area contributed by atoms with Crippen LogP contribution >= 0.6 is 0 Å². The van der Waals surface area contributed by atoms with Crippen molar-refractivity contribution in [1.29, 1.82) is 0 Å². The summed E-state index contributed by atoms with van der Waals surface area (Å²) in [5.41, 5.74) is 4.33. The Morgan fingerprint density at radius 2 is 1.59 bits per heavy atom. The van der Waals surface area contributed by atoms with Gasteiger partial charge in [0, 0.05) is 39.1 Å². The van der Waals surface area contributed by atoms with E-state index in [0.717, 1.165) is 64.3 Å². The lowest BCUT2D eigenvalue weighted by Gasteiger charge is -2.33. The maximum atomic E-state index is 12.7. The Kier molecular flexibility index (Phi) is 5.88. The molecule has 4 rings (SSSR count). The number of likely N-dealkylation sites (tertiary alicyclic amines) is 1. The Hall–Kier alpha value is -2.13. The van der Waals surface area contributed by atoms with Crippen LogP contribution in [0.15, 0.2) is 54.6 Å². The van der Waals surface area contributed by atoms with Gasteiger partial charge in [-0.3, -0.25) is 9.69 Å². The van der Waals surface area contributed by atoms with Gasteiger partial charge in [0.1, 0.15) is 0 Å². The van der Waals surface area contributed by atoms with Crippen LogP contribution in [0.4, 0.5) is 0 Å². The van der Waals surface area contributed by atoms with Gasteiger partial charge in [-0.2, -0.15) is 0 Å². The van der Waals surface area contributed by atoms with Crippen LogP contribution in [0.25, 0.3) is 0 Å². The molecule has 0 atom stereocenters. The Morgan fingerprint density at radius 3 is 2.37 bits per heavy atom. The van der Waals surface area contributed by atoms with E-state index in [2.05, 4.69) is 64.4 Å². The molecule has 1 amide bonds. The van der Waals surface area contributed by atoms with Gasteiger partial charge in [0.05, 0.1) is 0 Å². The lowest BCUT2D eigenvalue weighted by atomic mass is 9.90. The van der Waals surface area contributed by atoms with Gasteiger partial charge in [-0.25, -0.2) is 0 Å². The van der Waals surface area contributed by atoms with Crippen molar-refractivity contribution in [2.45, 2.75) is 38.6 Å². The minimum atomic E-state index is 0.340. The molecule has 0 bridgehead atoms. The number of rotatable bonds is 5. The normalized spacial score (nSPS) is 18.3. The van der Waals surface area contributed by atoms with Crippen LogP contribution < -0.4 is 0 Å². The fraction of sp³-hybridized carbons (Fsp3) is 0.458. The Bertz CT molecular complexity index is 750. The number of piperidine rings is 1. The summed E-state index contributed by atoms with van der Waals surface area (Å²) in [4.78, 5) is 17.2. The Balaban J connectivity index is 1.20. The van der Waals surface area contributed by atoms with Crippen molar-refractivity contribution in [2.24, 2.45) is 5.92 Å². The molecule has 3 nitrogen and oxygen atoms in total. The first-order valence-corrected chi connectivity index (χ1v) is 10.4. The molecule has 1 fully saturated rings. The largest absolute Gasteiger partial charge is 0.343 e.